The summed E-state index contributed by atoms with van der Waals surface area (Å²) in [6, 6.07) is 9.28. The molecule has 0 aliphatic heterocycles. The average Bonchev–Trinajstić information content (AvgIpc) is 2.45. The van der Waals surface area contributed by atoms with E-state index in [0.29, 0.717) is 18.4 Å². The van der Waals surface area contributed by atoms with Crippen LogP contribution in [0.15, 0.2) is 60.5 Å². The number of allylic oxidation sites excluding steroid dienone is 6. The van der Waals surface area contributed by atoms with Crippen molar-refractivity contribution in [3.05, 3.63) is 66.0 Å². The largest absolute Gasteiger partial charge is 0.239 e. The second-order valence-electron chi connectivity index (χ2n) is 5.15. The maximum Gasteiger partial charge on any atom is 0.136 e. The maximum atomic E-state index is 14.5. The van der Waals surface area contributed by atoms with E-state index in [9.17, 15) is 8.78 Å². The zero-order chi connectivity index (χ0) is 14.4. The second-order valence-corrected chi connectivity index (χ2v) is 5.15. The lowest BCUT2D eigenvalue weighted by Gasteiger charge is -2.25. The summed E-state index contributed by atoms with van der Waals surface area (Å²) in [5.41, 5.74) is -0.252. The molecule has 0 saturated heterocycles. The summed E-state index contributed by atoms with van der Waals surface area (Å²) in [5, 5.41) is 0. The Kier molecular flexibility index (Phi) is 4.89. The highest BCUT2D eigenvalue weighted by molar-refractivity contribution is 5.77. The summed E-state index contributed by atoms with van der Waals surface area (Å²) in [6.07, 6.45) is 8.82. The van der Waals surface area contributed by atoms with Crippen LogP contribution < -0.4 is 0 Å². The van der Waals surface area contributed by atoms with Crippen molar-refractivity contribution >= 4 is 5.57 Å². The van der Waals surface area contributed by atoms with E-state index in [1.54, 1.807) is 6.08 Å². The third-order valence-electron chi connectivity index (χ3n) is 3.50. The van der Waals surface area contributed by atoms with Gasteiger partial charge in [0.05, 0.1) is 0 Å². The summed E-state index contributed by atoms with van der Waals surface area (Å²) in [4.78, 5) is 0. The summed E-state index contributed by atoms with van der Waals surface area (Å²) in [5.74, 6) is -0.360. The van der Waals surface area contributed by atoms with Crippen molar-refractivity contribution < 1.29 is 8.78 Å². The van der Waals surface area contributed by atoms with Gasteiger partial charge in [0.1, 0.15) is 11.5 Å². The Morgan fingerprint density at radius 3 is 2.60 bits per heavy atom. The van der Waals surface area contributed by atoms with Crippen LogP contribution in [0.3, 0.4) is 0 Å². The van der Waals surface area contributed by atoms with Crippen molar-refractivity contribution in [2.75, 3.05) is 0 Å². The first-order valence-corrected chi connectivity index (χ1v) is 7.12. The van der Waals surface area contributed by atoms with Gasteiger partial charge in [0.25, 0.3) is 0 Å². The summed E-state index contributed by atoms with van der Waals surface area (Å²) < 4.78 is 28.7. The van der Waals surface area contributed by atoms with Gasteiger partial charge in [-0.05, 0) is 30.9 Å². The SMILES string of the molecule is CCC=CCCC1(F)C=CC(c2ccccc2)=C(F)C1. The number of rotatable bonds is 5. The smallest absolute Gasteiger partial charge is 0.136 e. The van der Waals surface area contributed by atoms with Crippen molar-refractivity contribution in [2.45, 2.75) is 38.3 Å². The Labute approximate surface area is 119 Å². The highest BCUT2D eigenvalue weighted by Gasteiger charge is 2.31. The fourth-order valence-electron chi connectivity index (χ4n) is 2.39. The summed E-state index contributed by atoms with van der Waals surface area (Å²) in [6.45, 7) is 2.04. The molecule has 1 unspecified atom stereocenters. The molecule has 0 fully saturated rings. The van der Waals surface area contributed by atoms with Gasteiger partial charge in [-0.2, -0.15) is 0 Å². The van der Waals surface area contributed by atoms with Gasteiger partial charge in [-0.15, -0.1) is 0 Å². The van der Waals surface area contributed by atoms with Gasteiger partial charge in [-0.25, -0.2) is 8.78 Å². The van der Waals surface area contributed by atoms with E-state index in [1.807, 2.05) is 49.4 Å². The van der Waals surface area contributed by atoms with Crippen LogP contribution in [0.4, 0.5) is 8.78 Å². The first kappa shape index (κ1) is 14.7. The molecule has 1 aromatic rings. The molecule has 0 heterocycles. The first-order chi connectivity index (χ1) is 9.64. The Hall–Kier alpha value is -1.70. The van der Waals surface area contributed by atoms with Gasteiger partial charge < -0.3 is 0 Å². The summed E-state index contributed by atoms with van der Waals surface area (Å²) in [7, 11) is 0. The molecular weight excluding hydrogens is 254 g/mol. The van der Waals surface area contributed by atoms with Crippen LogP contribution in [0, 0.1) is 0 Å². The minimum absolute atomic E-state index is 0.159. The molecule has 0 amide bonds. The van der Waals surface area contributed by atoms with E-state index in [2.05, 4.69) is 0 Å². The molecule has 0 saturated carbocycles. The first-order valence-electron chi connectivity index (χ1n) is 7.12. The molecule has 20 heavy (non-hydrogen) atoms. The van der Waals surface area contributed by atoms with Crippen LogP contribution >= 0.6 is 0 Å². The Balaban J connectivity index is 2.07. The zero-order valence-electron chi connectivity index (χ0n) is 11.8. The normalized spacial score (nSPS) is 22.8. The van der Waals surface area contributed by atoms with E-state index < -0.39 is 5.67 Å². The maximum absolute atomic E-state index is 14.5. The van der Waals surface area contributed by atoms with Crippen LogP contribution in [-0.4, -0.2) is 5.67 Å². The number of halogens is 2. The molecule has 0 bridgehead atoms. The predicted molar refractivity (Wildman–Crippen MR) is 80.7 cm³/mol. The van der Waals surface area contributed by atoms with Crippen LogP contribution in [0.5, 0.6) is 0 Å². The number of hydrogen-bond donors (Lipinski definition) is 0. The molecule has 0 N–H and O–H groups in total. The molecule has 0 nitrogen and oxygen atoms in total. The zero-order valence-corrected chi connectivity index (χ0v) is 11.8. The van der Waals surface area contributed by atoms with Gasteiger partial charge in [0, 0.05) is 12.0 Å². The lowest BCUT2D eigenvalue weighted by molar-refractivity contribution is 0.201. The van der Waals surface area contributed by atoms with Gasteiger partial charge in [-0.1, -0.05) is 55.5 Å². The average molecular weight is 274 g/mol. The molecule has 0 aromatic heterocycles. The Morgan fingerprint density at radius 1 is 1.20 bits per heavy atom. The molecule has 106 valence electrons. The third kappa shape index (κ3) is 3.66. The lowest BCUT2D eigenvalue weighted by atomic mass is 9.87. The van der Waals surface area contributed by atoms with Crippen LogP contribution in [-0.2, 0) is 0 Å². The molecule has 1 atom stereocenters. The molecule has 1 aromatic carbocycles. The predicted octanol–water partition coefficient (Wildman–Crippen LogP) is 5.78. The minimum Gasteiger partial charge on any atom is -0.239 e. The van der Waals surface area contributed by atoms with Crippen molar-refractivity contribution in [1.29, 1.82) is 0 Å². The Morgan fingerprint density at radius 2 is 1.95 bits per heavy atom. The van der Waals surface area contributed by atoms with Gasteiger partial charge in [0.2, 0.25) is 0 Å². The van der Waals surface area contributed by atoms with Crippen molar-refractivity contribution in [3.63, 3.8) is 0 Å². The molecule has 1 aliphatic carbocycles. The number of hydrogen-bond acceptors (Lipinski definition) is 0. The van der Waals surface area contributed by atoms with E-state index in [4.69, 9.17) is 0 Å². The lowest BCUT2D eigenvalue weighted by Crippen LogP contribution is -2.22. The van der Waals surface area contributed by atoms with E-state index in [-0.39, 0.29) is 12.2 Å². The fraction of sp³-hybridized carbons (Fsp3) is 0.333. The number of benzene rings is 1. The molecule has 0 spiro atoms. The van der Waals surface area contributed by atoms with Gasteiger partial charge >= 0.3 is 0 Å². The quantitative estimate of drug-likeness (QED) is 0.597. The molecule has 2 rings (SSSR count). The monoisotopic (exact) mass is 274 g/mol. The third-order valence-corrected chi connectivity index (χ3v) is 3.50. The van der Waals surface area contributed by atoms with Gasteiger partial charge in [-0.3, -0.25) is 0 Å². The highest BCUT2D eigenvalue weighted by Crippen LogP contribution is 2.38. The standard InChI is InChI=1S/C18H20F2/c1-2-3-4-8-12-18(20)13-11-16(17(19)14-18)15-9-6-5-7-10-15/h3-7,9-11,13H,2,8,12,14H2,1H3. The van der Waals surface area contributed by atoms with Crippen LogP contribution in [0.2, 0.25) is 0 Å². The Bertz CT molecular complexity index is 526. The van der Waals surface area contributed by atoms with E-state index in [0.717, 1.165) is 12.0 Å². The van der Waals surface area contributed by atoms with Crippen LogP contribution in [0.1, 0.15) is 38.2 Å². The van der Waals surface area contributed by atoms with Gasteiger partial charge in [0.15, 0.2) is 0 Å². The highest BCUT2D eigenvalue weighted by atomic mass is 19.1. The van der Waals surface area contributed by atoms with Crippen LogP contribution in [0.25, 0.3) is 5.57 Å². The van der Waals surface area contributed by atoms with Crippen molar-refractivity contribution in [1.82, 2.24) is 0 Å². The van der Waals surface area contributed by atoms with E-state index >= 15 is 0 Å². The second kappa shape index (κ2) is 6.65. The topological polar surface area (TPSA) is 0 Å². The molecular formula is C18H20F2. The van der Waals surface area contributed by atoms with Crippen molar-refractivity contribution in [2.24, 2.45) is 0 Å². The molecule has 2 heteroatoms. The van der Waals surface area contributed by atoms with Crippen molar-refractivity contribution in [3.8, 4) is 0 Å². The molecule has 1 aliphatic rings. The minimum atomic E-state index is -1.56. The summed E-state index contributed by atoms with van der Waals surface area (Å²) >= 11 is 0. The fourth-order valence-corrected chi connectivity index (χ4v) is 2.39. The molecule has 0 radical (unpaired) electrons. The number of alkyl halides is 1. The van der Waals surface area contributed by atoms with E-state index in [1.165, 1.54) is 6.08 Å².